The molecule has 0 fully saturated rings. The van der Waals surface area contributed by atoms with Crippen LogP contribution in [0.3, 0.4) is 0 Å². The molecule has 4 aromatic rings. The monoisotopic (exact) mass is 251 g/mol. The summed E-state index contributed by atoms with van der Waals surface area (Å²) in [5, 5.41) is 5.58. The second-order valence-electron chi connectivity index (χ2n) is 4.49. The molecule has 0 atom stereocenters. The van der Waals surface area contributed by atoms with Crippen LogP contribution in [0.2, 0.25) is 5.02 Å². The fourth-order valence-electron chi connectivity index (χ4n) is 2.64. The van der Waals surface area contributed by atoms with Crippen LogP contribution in [-0.2, 0) is 0 Å². The Labute approximate surface area is 109 Å². The minimum atomic E-state index is 0.799. The lowest BCUT2D eigenvalue weighted by Crippen LogP contribution is -1.76. The molecule has 1 heterocycles. The molecule has 1 N–H and O–H groups in total. The lowest BCUT2D eigenvalue weighted by molar-refractivity contribution is 1.56. The van der Waals surface area contributed by atoms with E-state index in [1.165, 1.54) is 21.7 Å². The molecule has 0 spiro atoms. The highest BCUT2D eigenvalue weighted by atomic mass is 35.5. The van der Waals surface area contributed by atoms with E-state index in [-0.39, 0.29) is 0 Å². The third-order valence-corrected chi connectivity index (χ3v) is 3.81. The topological polar surface area (TPSA) is 15.8 Å². The van der Waals surface area contributed by atoms with E-state index in [2.05, 4.69) is 41.4 Å². The Balaban J connectivity index is 2.32. The number of nitrogens with one attached hydrogen (secondary N) is 1. The number of rotatable bonds is 0. The van der Waals surface area contributed by atoms with E-state index in [1.54, 1.807) is 0 Å². The molecular formula is C16H10ClN. The largest absolute Gasteiger partial charge is 0.354 e. The van der Waals surface area contributed by atoms with E-state index in [4.69, 9.17) is 11.6 Å². The smallest absolute Gasteiger partial charge is 0.0545 e. The second-order valence-corrected chi connectivity index (χ2v) is 4.90. The average Bonchev–Trinajstić information content (AvgIpc) is 2.78. The van der Waals surface area contributed by atoms with Crippen molar-refractivity contribution in [3.05, 3.63) is 59.6 Å². The standard InChI is InChI=1S/C16H10ClN/c17-14-6-3-5-12-10(14)8-9-13-11-4-1-2-7-15(11)18-16(12)13/h1-9,18H. The minimum Gasteiger partial charge on any atom is -0.354 e. The number of benzene rings is 3. The second kappa shape index (κ2) is 3.50. The predicted molar refractivity (Wildman–Crippen MR) is 78.3 cm³/mol. The van der Waals surface area contributed by atoms with Gasteiger partial charge in [-0.05, 0) is 12.1 Å². The van der Waals surface area contributed by atoms with E-state index in [0.29, 0.717) is 0 Å². The Morgan fingerprint density at radius 3 is 2.33 bits per heavy atom. The summed E-state index contributed by atoms with van der Waals surface area (Å²) in [6, 6.07) is 18.6. The molecule has 18 heavy (non-hydrogen) atoms. The van der Waals surface area contributed by atoms with Gasteiger partial charge in [0.15, 0.2) is 0 Å². The van der Waals surface area contributed by atoms with Crippen LogP contribution in [0, 0.1) is 0 Å². The van der Waals surface area contributed by atoms with Gasteiger partial charge >= 0.3 is 0 Å². The molecule has 0 amide bonds. The molecule has 3 aromatic carbocycles. The maximum Gasteiger partial charge on any atom is 0.0545 e. The van der Waals surface area contributed by atoms with Gasteiger partial charge in [-0.15, -0.1) is 0 Å². The molecule has 0 aliphatic rings. The maximum absolute atomic E-state index is 6.24. The molecule has 4 rings (SSSR count). The van der Waals surface area contributed by atoms with Crippen LogP contribution in [0.25, 0.3) is 32.6 Å². The summed E-state index contributed by atoms with van der Waals surface area (Å²) < 4.78 is 0. The normalized spacial score (nSPS) is 11.6. The van der Waals surface area contributed by atoms with Gasteiger partial charge < -0.3 is 4.98 Å². The molecule has 0 saturated heterocycles. The van der Waals surface area contributed by atoms with Crippen molar-refractivity contribution < 1.29 is 0 Å². The highest BCUT2D eigenvalue weighted by molar-refractivity contribution is 6.36. The van der Waals surface area contributed by atoms with E-state index in [1.807, 2.05) is 18.2 Å². The van der Waals surface area contributed by atoms with Gasteiger partial charge in [0.05, 0.1) is 5.52 Å². The molecule has 0 unspecified atom stereocenters. The summed E-state index contributed by atoms with van der Waals surface area (Å²) in [4.78, 5) is 3.49. The first-order chi connectivity index (χ1) is 8.84. The Morgan fingerprint density at radius 1 is 0.667 bits per heavy atom. The Hall–Kier alpha value is -1.99. The first-order valence-corrected chi connectivity index (χ1v) is 6.30. The van der Waals surface area contributed by atoms with Gasteiger partial charge in [-0.2, -0.15) is 0 Å². The zero-order valence-electron chi connectivity index (χ0n) is 9.57. The number of hydrogen-bond acceptors (Lipinski definition) is 0. The van der Waals surface area contributed by atoms with Crippen LogP contribution in [0.5, 0.6) is 0 Å². The van der Waals surface area contributed by atoms with Gasteiger partial charge in [-0.1, -0.05) is 54.1 Å². The molecule has 0 aliphatic carbocycles. The molecule has 0 saturated carbocycles. The summed E-state index contributed by atoms with van der Waals surface area (Å²) in [7, 11) is 0. The van der Waals surface area contributed by atoms with Gasteiger partial charge in [0.2, 0.25) is 0 Å². The van der Waals surface area contributed by atoms with Crippen molar-refractivity contribution in [1.82, 2.24) is 4.98 Å². The molecule has 0 bridgehead atoms. The van der Waals surface area contributed by atoms with Crippen LogP contribution >= 0.6 is 11.6 Å². The van der Waals surface area contributed by atoms with Crippen LogP contribution in [0.15, 0.2) is 54.6 Å². The van der Waals surface area contributed by atoms with E-state index in [0.717, 1.165) is 15.9 Å². The lowest BCUT2D eigenvalue weighted by Gasteiger charge is -2.01. The van der Waals surface area contributed by atoms with Crippen LogP contribution < -0.4 is 0 Å². The summed E-state index contributed by atoms with van der Waals surface area (Å²) >= 11 is 6.24. The molecule has 0 radical (unpaired) electrons. The van der Waals surface area contributed by atoms with Crippen molar-refractivity contribution in [2.45, 2.75) is 0 Å². The number of aromatic nitrogens is 1. The van der Waals surface area contributed by atoms with E-state index >= 15 is 0 Å². The number of H-pyrrole nitrogens is 1. The lowest BCUT2D eigenvalue weighted by atomic mass is 10.1. The van der Waals surface area contributed by atoms with Crippen molar-refractivity contribution in [3.8, 4) is 0 Å². The van der Waals surface area contributed by atoms with Crippen molar-refractivity contribution in [3.63, 3.8) is 0 Å². The SMILES string of the molecule is Clc1cccc2c1ccc1c3ccccc3[nH]c21. The van der Waals surface area contributed by atoms with Crippen LogP contribution in [-0.4, -0.2) is 4.98 Å². The number of halogens is 1. The van der Waals surface area contributed by atoms with E-state index in [9.17, 15) is 0 Å². The van der Waals surface area contributed by atoms with E-state index < -0.39 is 0 Å². The van der Waals surface area contributed by atoms with Gasteiger partial charge in [0.1, 0.15) is 0 Å². The molecule has 1 aromatic heterocycles. The number of hydrogen-bond donors (Lipinski definition) is 1. The zero-order chi connectivity index (χ0) is 12.1. The summed E-state index contributed by atoms with van der Waals surface area (Å²) in [6.07, 6.45) is 0. The Kier molecular flexibility index (Phi) is 1.94. The van der Waals surface area contributed by atoms with Crippen molar-refractivity contribution in [2.75, 3.05) is 0 Å². The third kappa shape index (κ3) is 1.22. The Morgan fingerprint density at radius 2 is 1.39 bits per heavy atom. The predicted octanol–water partition coefficient (Wildman–Crippen LogP) is 5.13. The zero-order valence-corrected chi connectivity index (χ0v) is 10.3. The highest BCUT2D eigenvalue weighted by Crippen LogP contribution is 2.33. The summed E-state index contributed by atoms with van der Waals surface area (Å²) in [5.41, 5.74) is 2.33. The van der Waals surface area contributed by atoms with Crippen molar-refractivity contribution in [1.29, 1.82) is 0 Å². The first-order valence-electron chi connectivity index (χ1n) is 5.92. The van der Waals surface area contributed by atoms with Gasteiger partial charge in [0, 0.05) is 32.1 Å². The molecular weight excluding hydrogens is 242 g/mol. The minimum absolute atomic E-state index is 0.799. The quantitative estimate of drug-likeness (QED) is 0.446. The number of para-hydroxylation sites is 1. The fraction of sp³-hybridized carbons (Fsp3) is 0. The van der Waals surface area contributed by atoms with Crippen LogP contribution in [0.1, 0.15) is 0 Å². The summed E-state index contributed by atoms with van der Waals surface area (Å²) in [5.74, 6) is 0. The van der Waals surface area contributed by atoms with Crippen molar-refractivity contribution in [2.24, 2.45) is 0 Å². The first kappa shape index (κ1) is 9.98. The number of aromatic amines is 1. The Bertz CT molecular complexity index is 889. The van der Waals surface area contributed by atoms with Crippen molar-refractivity contribution >= 4 is 44.2 Å². The van der Waals surface area contributed by atoms with Gasteiger partial charge in [-0.3, -0.25) is 0 Å². The molecule has 0 aliphatic heterocycles. The van der Waals surface area contributed by atoms with Gasteiger partial charge in [0.25, 0.3) is 0 Å². The molecule has 86 valence electrons. The fourth-order valence-corrected chi connectivity index (χ4v) is 2.88. The molecule has 2 heteroatoms. The average molecular weight is 252 g/mol. The maximum atomic E-state index is 6.24. The van der Waals surface area contributed by atoms with Crippen LogP contribution in [0.4, 0.5) is 0 Å². The summed E-state index contributed by atoms with van der Waals surface area (Å²) in [6.45, 7) is 0. The number of fused-ring (bicyclic) bond motifs is 5. The highest BCUT2D eigenvalue weighted by Gasteiger charge is 2.08. The molecule has 1 nitrogen and oxygen atoms in total. The van der Waals surface area contributed by atoms with Gasteiger partial charge in [-0.25, -0.2) is 0 Å². The third-order valence-electron chi connectivity index (χ3n) is 3.49.